The van der Waals surface area contributed by atoms with E-state index in [1.165, 1.54) is 17.0 Å². The molecular weight excluding hydrogens is 249 g/mol. The number of benzene rings is 1. The lowest BCUT2D eigenvalue weighted by atomic mass is 10.0. The predicted octanol–water partition coefficient (Wildman–Crippen LogP) is 2.81. The maximum atomic E-state index is 13.4. The molecule has 1 fully saturated rings. The molecule has 2 heterocycles. The smallest absolute Gasteiger partial charge is 0.414 e. The molecule has 1 saturated heterocycles. The van der Waals surface area contributed by atoms with Gasteiger partial charge < -0.3 is 9.47 Å². The molecule has 0 N–H and O–H groups in total. The van der Waals surface area contributed by atoms with E-state index in [1.807, 2.05) is 0 Å². The molecule has 1 unspecified atom stereocenters. The zero-order valence-electron chi connectivity index (χ0n) is 11.2. The van der Waals surface area contributed by atoms with Crippen molar-refractivity contribution in [1.82, 2.24) is 0 Å². The van der Waals surface area contributed by atoms with Crippen LogP contribution in [0.4, 0.5) is 14.9 Å². The van der Waals surface area contributed by atoms with Gasteiger partial charge in [0.25, 0.3) is 0 Å². The van der Waals surface area contributed by atoms with Gasteiger partial charge in [0.15, 0.2) is 0 Å². The standard InChI is InChI=1S/C14H16FNO3/c1-13(2,3)19-12(17)16-7-14(8-18-14)10-5-4-9(15)6-11(10)16/h4-6H,7-8H2,1-3H3. The lowest BCUT2D eigenvalue weighted by Crippen LogP contribution is -2.37. The first-order valence-electron chi connectivity index (χ1n) is 6.25. The summed E-state index contributed by atoms with van der Waals surface area (Å²) in [6.45, 7) is 6.36. The van der Waals surface area contributed by atoms with Gasteiger partial charge in [-0.1, -0.05) is 6.07 Å². The molecule has 5 heteroatoms. The summed E-state index contributed by atoms with van der Waals surface area (Å²) in [4.78, 5) is 13.6. The Morgan fingerprint density at radius 1 is 1.47 bits per heavy atom. The number of hydrogen-bond donors (Lipinski definition) is 0. The highest BCUT2D eigenvalue weighted by molar-refractivity contribution is 5.91. The van der Waals surface area contributed by atoms with Gasteiger partial charge in [-0.3, -0.25) is 4.90 Å². The molecule has 102 valence electrons. The summed E-state index contributed by atoms with van der Waals surface area (Å²) in [6.07, 6.45) is -0.466. The van der Waals surface area contributed by atoms with Crippen LogP contribution in [0.5, 0.6) is 0 Å². The zero-order valence-corrected chi connectivity index (χ0v) is 11.2. The summed E-state index contributed by atoms with van der Waals surface area (Å²) in [6, 6.07) is 4.43. The van der Waals surface area contributed by atoms with Crippen molar-refractivity contribution in [2.75, 3.05) is 18.1 Å². The van der Waals surface area contributed by atoms with Crippen molar-refractivity contribution < 1.29 is 18.7 Å². The fourth-order valence-corrected chi connectivity index (χ4v) is 2.35. The molecule has 0 radical (unpaired) electrons. The maximum Gasteiger partial charge on any atom is 0.414 e. The second-order valence-electron chi connectivity index (χ2n) is 6.01. The van der Waals surface area contributed by atoms with Crippen LogP contribution in [0.1, 0.15) is 26.3 Å². The van der Waals surface area contributed by atoms with Crippen molar-refractivity contribution in [3.05, 3.63) is 29.6 Å². The summed E-state index contributed by atoms with van der Waals surface area (Å²) in [5.74, 6) is -0.370. The Bertz CT molecular complexity index is 546. The SMILES string of the molecule is CC(C)(C)OC(=O)N1CC2(CO2)c2ccc(F)cc21. The Labute approximate surface area is 111 Å². The number of carbonyl (C=O) groups excluding carboxylic acids is 1. The van der Waals surface area contributed by atoms with Crippen molar-refractivity contribution in [3.63, 3.8) is 0 Å². The van der Waals surface area contributed by atoms with E-state index in [0.29, 0.717) is 18.8 Å². The van der Waals surface area contributed by atoms with Crippen molar-refractivity contribution in [2.45, 2.75) is 32.0 Å². The molecule has 3 rings (SSSR count). The normalized spacial score (nSPS) is 24.5. The Morgan fingerprint density at radius 3 is 2.74 bits per heavy atom. The third kappa shape index (κ3) is 2.08. The van der Waals surface area contributed by atoms with Crippen molar-refractivity contribution >= 4 is 11.8 Å². The summed E-state index contributed by atoms with van der Waals surface area (Å²) in [5, 5.41) is 0. The van der Waals surface area contributed by atoms with Crippen LogP contribution in [0.15, 0.2) is 18.2 Å². The summed E-state index contributed by atoms with van der Waals surface area (Å²) < 4.78 is 24.2. The number of hydrogen-bond acceptors (Lipinski definition) is 3. The topological polar surface area (TPSA) is 42.1 Å². The van der Waals surface area contributed by atoms with Gasteiger partial charge >= 0.3 is 6.09 Å². The number of halogens is 1. The van der Waals surface area contributed by atoms with E-state index >= 15 is 0 Å². The average molecular weight is 265 g/mol. The number of rotatable bonds is 0. The van der Waals surface area contributed by atoms with E-state index in [-0.39, 0.29) is 5.82 Å². The highest BCUT2D eigenvalue weighted by Crippen LogP contribution is 2.50. The van der Waals surface area contributed by atoms with Gasteiger partial charge in [0, 0.05) is 5.56 Å². The van der Waals surface area contributed by atoms with E-state index in [2.05, 4.69) is 0 Å². The van der Waals surface area contributed by atoms with Gasteiger partial charge in [-0.2, -0.15) is 0 Å². The minimum absolute atomic E-state index is 0.370. The average Bonchev–Trinajstić information content (AvgIpc) is 2.96. The van der Waals surface area contributed by atoms with Crippen LogP contribution in [0.25, 0.3) is 0 Å². The first kappa shape index (κ1) is 12.4. The van der Waals surface area contributed by atoms with Crippen LogP contribution >= 0.6 is 0 Å². The third-order valence-corrected chi connectivity index (χ3v) is 3.26. The molecule has 1 aromatic rings. The fraction of sp³-hybridized carbons (Fsp3) is 0.500. The Hall–Kier alpha value is -1.62. The lowest BCUT2D eigenvalue weighted by molar-refractivity contribution is 0.0577. The molecule has 1 aromatic carbocycles. The first-order valence-corrected chi connectivity index (χ1v) is 6.25. The monoisotopic (exact) mass is 265 g/mol. The maximum absolute atomic E-state index is 13.4. The molecule has 0 aromatic heterocycles. The van der Waals surface area contributed by atoms with Crippen molar-refractivity contribution in [2.24, 2.45) is 0 Å². The van der Waals surface area contributed by atoms with Crippen molar-refractivity contribution in [1.29, 1.82) is 0 Å². The van der Waals surface area contributed by atoms with E-state index in [9.17, 15) is 9.18 Å². The number of carbonyl (C=O) groups is 1. The van der Waals surface area contributed by atoms with E-state index in [1.54, 1.807) is 26.8 Å². The quantitative estimate of drug-likeness (QED) is 0.677. The second-order valence-corrected chi connectivity index (χ2v) is 6.01. The molecule has 2 aliphatic rings. The van der Waals surface area contributed by atoms with E-state index in [4.69, 9.17) is 9.47 Å². The van der Waals surface area contributed by atoms with Gasteiger partial charge in [-0.25, -0.2) is 9.18 Å². The van der Waals surface area contributed by atoms with Gasteiger partial charge in [0.1, 0.15) is 17.0 Å². The molecule has 2 aliphatic heterocycles. The number of amides is 1. The number of fused-ring (bicyclic) bond motifs is 2. The van der Waals surface area contributed by atoms with Crippen LogP contribution in [0.3, 0.4) is 0 Å². The van der Waals surface area contributed by atoms with Crippen LogP contribution in [-0.4, -0.2) is 24.8 Å². The van der Waals surface area contributed by atoms with E-state index in [0.717, 1.165) is 5.56 Å². The van der Waals surface area contributed by atoms with Crippen LogP contribution < -0.4 is 4.90 Å². The van der Waals surface area contributed by atoms with E-state index < -0.39 is 17.3 Å². The molecule has 1 amide bonds. The minimum atomic E-state index is -0.579. The molecule has 1 atom stereocenters. The number of epoxide rings is 1. The highest BCUT2D eigenvalue weighted by Gasteiger charge is 2.56. The van der Waals surface area contributed by atoms with Crippen LogP contribution in [0.2, 0.25) is 0 Å². The molecule has 4 nitrogen and oxygen atoms in total. The zero-order chi connectivity index (χ0) is 13.8. The van der Waals surface area contributed by atoms with Crippen molar-refractivity contribution in [3.8, 4) is 0 Å². The molecule has 0 saturated carbocycles. The van der Waals surface area contributed by atoms with Crippen LogP contribution in [0, 0.1) is 5.82 Å². The number of nitrogens with zero attached hydrogens (tertiary/aromatic N) is 1. The second kappa shape index (κ2) is 3.70. The molecule has 1 spiro atoms. The molecule has 0 bridgehead atoms. The lowest BCUT2D eigenvalue weighted by Gasteiger charge is -2.24. The molecular formula is C14H16FNO3. The number of anilines is 1. The largest absolute Gasteiger partial charge is 0.443 e. The van der Waals surface area contributed by atoms with Gasteiger partial charge in [0.2, 0.25) is 0 Å². The summed E-state index contributed by atoms with van der Waals surface area (Å²) in [5.41, 5.74) is 0.386. The fourth-order valence-electron chi connectivity index (χ4n) is 2.35. The Balaban J connectivity index is 1.94. The van der Waals surface area contributed by atoms with Crippen LogP contribution in [-0.2, 0) is 15.1 Å². The van der Waals surface area contributed by atoms with Gasteiger partial charge in [-0.15, -0.1) is 0 Å². The summed E-state index contributed by atoms with van der Waals surface area (Å²) >= 11 is 0. The number of ether oxygens (including phenoxy) is 2. The Morgan fingerprint density at radius 2 is 2.16 bits per heavy atom. The predicted molar refractivity (Wildman–Crippen MR) is 67.6 cm³/mol. The summed E-state index contributed by atoms with van der Waals surface area (Å²) in [7, 11) is 0. The third-order valence-electron chi connectivity index (χ3n) is 3.26. The van der Waals surface area contributed by atoms with Gasteiger partial charge in [0.05, 0.1) is 18.8 Å². The Kier molecular flexibility index (Phi) is 2.41. The minimum Gasteiger partial charge on any atom is -0.443 e. The molecule has 19 heavy (non-hydrogen) atoms. The molecule has 0 aliphatic carbocycles. The first-order chi connectivity index (χ1) is 8.81. The highest BCUT2D eigenvalue weighted by atomic mass is 19.1. The van der Waals surface area contributed by atoms with Gasteiger partial charge in [-0.05, 0) is 32.9 Å².